The molecule has 0 aromatic carbocycles. The van der Waals surface area contributed by atoms with Crippen LogP contribution >= 0.6 is 0 Å². The maximum Gasteiger partial charge on any atom is 0.187 e. The van der Waals surface area contributed by atoms with Gasteiger partial charge in [0.15, 0.2) is 6.29 Å². The van der Waals surface area contributed by atoms with Gasteiger partial charge in [-0.05, 0) is 33.6 Å². The van der Waals surface area contributed by atoms with E-state index in [4.69, 9.17) is 14.6 Å². The van der Waals surface area contributed by atoms with Gasteiger partial charge in [-0.3, -0.25) is 0 Å². The first-order chi connectivity index (χ1) is 10.4. The quantitative estimate of drug-likeness (QED) is 0.510. The van der Waals surface area contributed by atoms with Gasteiger partial charge in [0.2, 0.25) is 0 Å². The van der Waals surface area contributed by atoms with E-state index in [2.05, 4.69) is 19.9 Å². The van der Waals surface area contributed by atoms with E-state index < -0.39 is 37.3 Å². The fourth-order valence-electron chi connectivity index (χ4n) is 2.18. The van der Waals surface area contributed by atoms with Crippen LogP contribution in [0.2, 0.25) is 0 Å². The van der Waals surface area contributed by atoms with Crippen LogP contribution in [0.5, 0.6) is 0 Å². The molecule has 1 heterocycles. The molecular formula is C16H28O6. The maximum absolute atomic E-state index is 9.82. The van der Waals surface area contributed by atoms with Crippen LogP contribution in [-0.4, -0.2) is 64.3 Å². The Morgan fingerprint density at radius 2 is 1.73 bits per heavy atom. The average molecular weight is 316 g/mol. The van der Waals surface area contributed by atoms with E-state index in [1.165, 1.54) is 5.57 Å². The molecule has 5 atom stereocenters. The highest BCUT2D eigenvalue weighted by Crippen LogP contribution is 2.22. The number of hydrogen-bond acceptors (Lipinski definition) is 6. The van der Waals surface area contributed by atoms with Crippen molar-refractivity contribution >= 4 is 0 Å². The van der Waals surface area contributed by atoms with Crippen LogP contribution in [0.1, 0.15) is 33.6 Å². The van der Waals surface area contributed by atoms with Gasteiger partial charge in [0.25, 0.3) is 0 Å². The Bertz CT molecular complexity index is 386. The van der Waals surface area contributed by atoms with Crippen LogP contribution in [0.4, 0.5) is 0 Å². The largest absolute Gasteiger partial charge is 0.394 e. The Balaban J connectivity index is 2.44. The molecule has 0 saturated carbocycles. The summed E-state index contributed by atoms with van der Waals surface area (Å²) in [6, 6.07) is 0. The second kappa shape index (κ2) is 9.39. The Morgan fingerprint density at radius 1 is 1.05 bits per heavy atom. The van der Waals surface area contributed by atoms with Gasteiger partial charge in [0.1, 0.15) is 24.4 Å². The van der Waals surface area contributed by atoms with E-state index in [1.807, 2.05) is 13.0 Å². The third kappa shape index (κ3) is 5.79. The molecule has 22 heavy (non-hydrogen) atoms. The first-order valence-corrected chi connectivity index (χ1v) is 7.58. The molecule has 0 aromatic heterocycles. The number of hydrogen-bond donors (Lipinski definition) is 4. The maximum atomic E-state index is 9.82. The molecule has 0 aliphatic carbocycles. The zero-order valence-electron chi connectivity index (χ0n) is 13.5. The number of aliphatic hydroxyl groups is 4. The van der Waals surface area contributed by atoms with Crippen LogP contribution < -0.4 is 0 Å². The standard InChI is InChI=1S/C16H28O6/c1-10(2)5-4-6-11(3)7-8-21-16-15(20)14(19)13(18)12(9-17)22-16/h5,7,12-20H,4,6,8-9H2,1-3H3/b11-7+/t12-,13+,14+,15-,16?/m1/s1. The van der Waals surface area contributed by atoms with Crippen molar-refractivity contribution in [1.82, 2.24) is 0 Å². The minimum absolute atomic E-state index is 0.226. The van der Waals surface area contributed by atoms with Crippen molar-refractivity contribution in [3.05, 3.63) is 23.3 Å². The van der Waals surface area contributed by atoms with Gasteiger partial charge in [-0.15, -0.1) is 0 Å². The van der Waals surface area contributed by atoms with Gasteiger partial charge in [-0.1, -0.05) is 23.3 Å². The monoisotopic (exact) mass is 316 g/mol. The predicted molar refractivity (Wildman–Crippen MR) is 82.1 cm³/mol. The molecule has 0 amide bonds. The van der Waals surface area contributed by atoms with Crippen molar-refractivity contribution in [3.63, 3.8) is 0 Å². The molecule has 0 aromatic rings. The van der Waals surface area contributed by atoms with Gasteiger partial charge in [-0.25, -0.2) is 0 Å². The summed E-state index contributed by atoms with van der Waals surface area (Å²) in [6.45, 7) is 5.88. The second-order valence-corrected chi connectivity index (χ2v) is 5.90. The van der Waals surface area contributed by atoms with E-state index in [9.17, 15) is 15.3 Å². The fourth-order valence-corrected chi connectivity index (χ4v) is 2.18. The summed E-state index contributed by atoms with van der Waals surface area (Å²) in [7, 11) is 0. The van der Waals surface area contributed by atoms with Crippen LogP contribution in [0, 0.1) is 0 Å². The summed E-state index contributed by atoms with van der Waals surface area (Å²) in [4.78, 5) is 0. The molecule has 1 unspecified atom stereocenters. The van der Waals surface area contributed by atoms with Crippen LogP contribution in [0.15, 0.2) is 23.3 Å². The number of ether oxygens (including phenoxy) is 2. The zero-order valence-corrected chi connectivity index (χ0v) is 13.5. The lowest BCUT2D eigenvalue weighted by atomic mass is 9.99. The van der Waals surface area contributed by atoms with Gasteiger partial charge < -0.3 is 29.9 Å². The molecule has 0 spiro atoms. The normalized spacial score (nSPS) is 32.9. The minimum Gasteiger partial charge on any atom is -0.394 e. The van der Waals surface area contributed by atoms with E-state index in [-0.39, 0.29) is 6.61 Å². The molecule has 1 aliphatic heterocycles. The first kappa shape index (κ1) is 19.3. The summed E-state index contributed by atoms with van der Waals surface area (Å²) in [5.41, 5.74) is 2.44. The summed E-state index contributed by atoms with van der Waals surface area (Å²) in [5, 5.41) is 38.2. The van der Waals surface area contributed by atoms with E-state index in [0.29, 0.717) is 0 Å². The fraction of sp³-hybridized carbons (Fsp3) is 0.750. The van der Waals surface area contributed by atoms with Crippen molar-refractivity contribution in [1.29, 1.82) is 0 Å². The highest BCUT2D eigenvalue weighted by Gasteiger charge is 2.43. The van der Waals surface area contributed by atoms with Crippen molar-refractivity contribution in [2.75, 3.05) is 13.2 Å². The average Bonchev–Trinajstić information content (AvgIpc) is 2.47. The van der Waals surface area contributed by atoms with Gasteiger partial charge in [-0.2, -0.15) is 0 Å². The molecule has 0 bridgehead atoms. The lowest BCUT2D eigenvalue weighted by Crippen LogP contribution is -2.59. The molecule has 1 aliphatic rings. The van der Waals surface area contributed by atoms with Gasteiger partial charge >= 0.3 is 0 Å². The second-order valence-electron chi connectivity index (χ2n) is 5.90. The Kier molecular flexibility index (Phi) is 8.24. The van der Waals surface area contributed by atoms with Crippen molar-refractivity contribution in [2.24, 2.45) is 0 Å². The summed E-state index contributed by atoms with van der Waals surface area (Å²) in [5.74, 6) is 0. The molecule has 4 N–H and O–H groups in total. The van der Waals surface area contributed by atoms with Gasteiger partial charge in [0.05, 0.1) is 13.2 Å². The first-order valence-electron chi connectivity index (χ1n) is 7.58. The summed E-state index contributed by atoms with van der Waals surface area (Å²) < 4.78 is 10.7. The Labute approximate surface area is 131 Å². The lowest BCUT2D eigenvalue weighted by Gasteiger charge is -2.39. The molecule has 6 heteroatoms. The smallest absolute Gasteiger partial charge is 0.187 e. The van der Waals surface area contributed by atoms with Crippen LogP contribution in [0.25, 0.3) is 0 Å². The third-order valence-corrected chi connectivity index (χ3v) is 3.63. The SMILES string of the molecule is CC(C)=CCC/C(C)=C/COC1O[C@H](CO)[C@H](O)[C@H](O)[C@H]1O. The van der Waals surface area contributed by atoms with Crippen LogP contribution in [-0.2, 0) is 9.47 Å². The van der Waals surface area contributed by atoms with Crippen molar-refractivity contribution in [3.8, 4) is 0 Å². The molecule has 0 radical (unpaired) electrons. The van der Waals surface area contributed by atoms with E-state index in [0.717, 1.165) is 18.4 Å². The number of rotatable bonds is 7. The number of allylic oxidation sites excluding steroid dienone is 3. The summed E-state index contributed by atoms with van der Waals surface area (Å²) in [6.07, 6.45) is -0.190. The Hall–Kier alpha value is -0.760. The minimum atomic E-state index is -1.40. The van der Waals surface area contributed by atoms with Crippen molar-refractivity contribution < 1.29 is 29.9 Å². The molecular weight excluding hydrogens is 288 g/mol. The molecule has 1 fully saturated rings. The topological polar surface area (TPSA) is 99.4 Å². The highest BCUT2D eigenvalue weighted by atomic mass is 16.7. The third-order valence-electron chi connectivity index (χ3n) is 3.63. The van der Waals surface area contributed by atoms with Gasteiger partial charge in [0, 0.05) is 0 Å². The summed E-state index contributed by atoms with van der Waals surface area (Å²) >= 11 is 0. The Morgan fingerprint density at radius 3 is 2.32 bits per heavy atom. The van der Waals surface area contributed by atoms with E-state index in [1.54, 1.807) is 0 Å². The molecule has 6 nitrogen and oxygen atoms in total. The number of aliphatic hydroxyl groups excluding tert-OH is 4. The van der Waals surface area contributed by atoms with Crippen LogP contribution in [0.3, 0.4) is 0 Å². The highest BCUT2D eigenvalue weighted by molar-refractivity contribution is 5.02. The van der Waals surface area contributed by atoms with Crippen molar-refractivity contribution in [2.45, 2.75) is 64.3 Å². The predicted octanol–water partition coefficient (Wildman–Crippen LogP) is 0.496. The lowest BCUT2D eigenvalue weighted by molar-refractivity contribution is -0.298. The molecule has 128 valence electrons. The molecule has 1 rings (SSSR count). The molecule has 1 saturated heterocycles. The zero-order chi connectivity index (χ0) is 16.7. The van der Waals surface area contributed by atoms with E-state index >= 15 is 0 Å².